The predicted octanol–water partition coefficient (Wildman–Crippen LogP) is 3.57. The van der Waals surface area contributed by atoms with Gasteiger partial charge in [-0.2, -0.15) is 13.2 Å². The molecule has 1 aliphatic rings. The first kappa shape index (κ1) is 18.8. The van der Waals surface area contributed by atoms with Crippen molar-refractivity contribution in [3.63, 3.8) is 0 Å². The molecule has 0 amide bonds. The zero-order chi connectivity index (χ0) is 19.8. The third kappa shape index (κ3) is 4.42. The van der Waals surface area contributed by atoms with Crippen molar-refractivity contribution in [3.05, 3.63) is 40.4 Å². The van der Waals surface area contributed by atoms with Gasteiger partial charge in [0.05, 0.1) is 0 Å². The summed E-state index contributed by atoms with van der Waals surface area (Å²) in [5.74, 6) is -2.90. The molecule has 1 fully saturated rings. The van der Waals surface area contributed by atoms with Crippen molar-refractivity contribution in [1.29, 1.82) is 0 Å². The summed E-state index contributed by atoms with van der Waals surface area (Å²) < 4.78 is 52.9. The van der Waals surface area contributed by atoms with Crippen LogP contribution in [0.25, 0.3) is 6.08 Å². The van der Waals surface area contributed by atoms with Gasteiger partial charge in [0.1, 0.15) is 11.3 Å². The summed E-state index contributed by atoms with van der Waals surface area (Å²) >= 11 is 0.244. The second-order valence-electron chi connectivity index (χ2n) is 5.78. The van der Waals surface area contributed by atoms with Crippen molar-refractivity contribution in [3.8, 4) is 10.9 Å². The fraction of sp³-hybridized carbons (Fsp3) is 0.250. The second kappa shape index (κ2) is 6.65. The van der Waals surface area contributed by atoms with Gasteiger partial charge in [-0.15, -0.1) is 5.10 Å². The summed E-state index contributed by atoms with van der Waals surface area (Å²) in [6.07, 6.45) is -3.38. The molecule has 1 aromatic heterocycles. The van der Waals surface area contributed by atoms with Gasteiger partial charge in [0.2, 0.25) is 5.01 Å². The lowest BCUT2D eigenvalue weighted by atomic mass is 10.1. The molecule has 0 saturated carbocycles. The molecule has 27 heavy (non-hydrogen) atoms. The molecular formula is C16H11F3N2O5S. The van der Waals surface area contributed by atoms with Gasteiger partial charge in [0.25, 0.3) is 11.0 Å². The third-order valence-electron chi connectivity index (χ3n) is 3.14. The minimum atomic E-state index is -4.61. The zero-order valence-electron chi connectivity index (χ0n) is 13.9. The van der Waals surface area contributed by atoms with E-state index in [1.54, 1.807) is 6.07 Å². The Kier molecular flexibility index (Phi) is 4.64. The van der Waals surface area contributed by atoms with Crippen molar-refractivity contribution in [2.75, 3.05) is 0 Å². The molecule has 2 heterocycles. The molecule has 0 radical (unpaired) electrons. The molecule has 0 unspecified atom stereocenters. The Balaban J connectivity index is 1.81. The first-order chi connectivity index (χ1) is 12.5. The maximum Gasteiger partial charge on any atom is 0.445 e. The van der Waals surface area contributed by atoms with Gasteiger partial charge in [0, 0.05) is 13.8 Å². The van der Waals surface area contributed by atoms with Gasteiger partial charge in [-0.3, -0.25) is 0 Å². The highest BCUT2D eigenvalue weighted by atomic mass is 32.1. The van der Waals surface area contributed by atoms with Crippen LogP contribution in [0, 0.1) is 0 Å². The van der Waals surface area contributed by atoms with Crippen LogP contribution >= 0.6 is 11.3 Å². The number of cyclic esters (lactones) is 2. The van der Waals surface area contributed by atoms with Crippen LogP contribution in [0.3, 0.4) is 0 Å². The van der Waals surface area contributed by atoms with Crippen molar-refractivity contribution in [2.24, 2.45) is 0 Å². The Hall–Kier alpha value is -2.95. The van der Waals surface area contributed by atoms with Crippen LogP contribution in [0.1, 0.15) is 24.4 Å². The van der Waals surface area contributed by atoms with Crippen LogP contribution in [0.2, 0.25) is 0 Å². The molecule has 2 aromatic rings. The summed E-state index contributed by atoms with van der Waals surface area (Å²) in [6.45, 7) is 2.84. The fourth-order valence-corrected chi connectivity index (χ4v) is 2.66. The number of alkyl halides is 3. The summed E-state index contributed by atoms with van der Waals surface area (Å²) in [4.78, 5) is 23.9. The van der Waals surface area contributed by atoms with E-state index in [0.29, 0.717) is 5.56 Å². The highest BCUT2D eigenvalue weighted by Gasteiger charge is 2.39. The topological polar surface area (TPSA) is 87.6 Å². The molecule has 0 bridgehead atoms. The highest BCUT2D eigenvalue weighted by molar-refractivity contribution is 7.13. The molecular weight excluding hydrogens is 389 g/mol. The third-order valence-corrected chi connectivity index (χ3v) is 3.99. The minimum absolute atomic E-state index is 0.145. The van der Waals surface area contributed by atoms with Crippen LogP contribution in [0.15, 0.2) is 29.8 Å². The lowest BCUT2D eigenvalue weighted by Crippen LogP contribution is -2.41. The fourth-order valence-electron chi connectivity index (χ4n) is 2.08. The second-order valence-corrected chi connectivity index (χ2v) is 6.72. The van der Waals surface area contributed by atoms with Gasteiger partial charge >= 0.3 is 18.1 Å². The molecule has 0 atom stereocenters. The van der Waals surface area contributed by atoms with Crippen molar-refractivity contribution >= 4 is 29.4 Å². The van der Waals surface area contributed by atoms with Gasteiger partial charge in [0.15, 0.2) is 0 Å². The Morgan fingerprint density at radius 3 is 2.41 bits per heavy atom. The minimum Gasteiger partial charge on any atom is -0.430 e. The van der Waals surface area contributed by atoms with Crippen LogP contribution in [-0.2, 0) is 25.2 Å². The van der Waals surface area contributed by atoms with Crippen LogP contribution in [0.4, 0.5) is 13.2 Å². The van der Waals surface area contributed by atoms with E-state index in [2.05, 4.69) is 10.2 Å². The average molecular weight is 400 g/mol. The van der Waals surface area contributed by atoms with E-state index in [0.717, 1.165) is 0 Å². The number of hydrogen-bond acceptors (Lipinski definition) is 8. The largest absolute Gasteiger partial charge is 0.445 e. The normalized spacial score (nSPS) is 16.6. The molecule has 7 nitrogen and oxygen atoms in total. The van der Waals surface area contributed by atoms with E-state index < -0.39 is 28.9 Å². The van der Waals surface area contributed by atoms with E-state index in [9.17, 15) is 22.8 Å². The average Bonchev–Trinajstić information content (AvgIpc) is 2.99. The van der Waals surface area contributed by atoms with Crippen molar-refractivity contribution in [1.82, 2.24) is 10.2 Å². The van der Waals surface area contributed by atoms with Gasteiger partial charge in [-0.05, 0) is 23.8 Å². The summed E-state index contributed by atoms with van der Waals surface area (Å²) in [7, 11) is 0. The number of ether oxygens (including phenoxy) is 3. The van der Waals surface area contributed by atoms with E-state index >= 15 is 0 Å². The number of nitrogens with zero attached hydrogens (tertiary/aromatic N) is 2. The maximum absolute atomic E-state index is 12.5. The number of rotatable bonds is 3. The molecule has 0 N–H and O–H groups in total. The van der Waals surface area contributed by atoms with Crippen molar-refractivity contribution < 1.29 is 37.0 Å². The monoisotopic (exact) mass is 400 g/mol. The first-order valence-corrected chi connectivity index (χ1v) is 8.22. The predicted molar refractivity (Wildman–Crippen MR) is 85.7 cm³/mol. The van der Waals surface area contributed by atoms with Crippen molar-refractivity contribution in [2.45, 2.75) is 25.8 Å². The molecule has 142 valence electrons. The van der Waals surface area contributed by atoms with E-state index in [-0.39, 0.29) is 27.9 Å². The van der Waals surface area contributed by atoms with E-state index in [1.165, 1.54) is 38.1 Å². The van der Waals surface area contributed by atoms with Gasteiger partial charge in [-0.1, -0.05) is 28.6 Å². The maximum atomic E-state index is 12.5. The quantitative estimate of drug-likeness (QED) is 0.442. The standard InChI is InChI=1S/C16H11F3N2O5S/c1-15(2)25-11(22)10(12(23)26-15)7-8-4-3-5-9(6-8)24-14-21-20-13(27-14)16(17,18)19/h3-7H,1-2H3. The van der Waals surface area contributed by atoms with E-state index in [1.807, 2.05) is 0 Å². The zero-order valence-corrected chi connectivity index (χ0v) is 14.7. The number of hydrogen-bond donors (Lipinski definition) is 0. The number of aromatic nitrogens is 2. The Labute approximate surface area is 154 Å². The lowest BCUT2D eigenvalue weighted by Gasteiger charge is -2.29. The van der Waals surface area contributed by atoms with Gasteiger partial charge in [-0.25, -0.2) is 9.59 Å². The molecule has 3 rings (SSSR count). The van der Waals surface area contributed by atoms with E-state index in [4.69, 9.17) is 14.2 Å². The van der Waals surface area contributed by atoms with Crippen LogP contribution in [-0.4, -0.2) is 27.9 Å². The SMILES string of the molecule is CC1(C)OC(=O)C(=Cc2cccc(Oc3nnc(C(F)(F)F)s3)c2)C(=O)O1. The molecule has 1 aromatic carbocycles. The van der Waals surface area contributed by atoms with Crippen LogP contribution in [0.5, 0.6) is 10.9 Å². The number of halogens is 3. The molecule has 1 saturated heterocycles. The number of esters is 2. The van der Waals surface area contributed by atoms with Crippen LogP contribution < -0.4 is 4.74 Å². The smallest absolute Gasteiger partial charge is 0.430 e. The summed E-state index contributed by atoms with van der Waals surface area (Å²) in [5.41, 5.74) is 0.0541. The number of carbonyl (C=O) groups excluding carboxylic acids is 2. The lowest BCUT2D eigenvalue weighted by molar-refractivity contribution is -0.222. The number of carbonyl (C=O) groups is 2. The molecule has 0 spiro atoms. The summed E-state index contributed by atoms with van der Waals surface area (Å²) in [5, 5.41) is 4.91. The van der Waals surface area contributed by atoms with Gasteiger partial charge < -0.3 is 14.2 Å². The molecule has 0 aliphatic carbocycles. The summed E-state index contributed by atoms with van der Waals surface area (Å²) in [6, 6.07) is 5.96. The molecule has 1 aliphatic heterocycles. The first-order valence-electron chi connectivity index (χ1n) is 7.40. The number of benzene rings is 1. The Bertz CT molecular complexity index is 914. The Morgan fingerprint density at radius 2 is 1.81 bits per heavy atom. The molecule has 11 heteroatoms. The Morgan fingerprint density at radius 1 is 1.15 bits per heavy atom. The highest BCUT2D eigenvalue weighted by Crippen LogP contribution is 2.35.